The van der Waals surface area contributed by atoms with Crippen LogP contribution in [0, 0.1) is 0 Å². The fourth-order valence-electron chi connectivity index (χ4n) is 1.17. The highest BCUT2D eigenvalue weighted by atomic mass is 35.5. The molecule has 0 aliphatic carbocycles. The number of pyridine rings is 1. The van der Waals surface area contributed by atoms with E-state index in [0.717, 1.165) is 10.4 Å². The lowest BCUT2D eigenvalue weighted by Gasteiger charge is -1.92. The highest BCUT2D eigenvalue weighted by molar-refractivity contribution is 7.19. The largest absolute Gasteiger partial charge is 0.478 e. The molecule has 76 valence electrons. The van der Waals surface area contributed by atoms with E-state index in [9.17, 15) is 4.79 Å². The lowest BCUT2D eigenvalue weighted by atomic mass is 10.2. The minimum absolute atomic E-state index is 0.139. The van der Waals surface area contributed by atoms with E-state index in [0.29, 0.717) is 4.34 Å². The van der Waals surface area contributed by atoms with E-state index in [-0.39, 0.29) is 5.56 Å². The summed E-state index contributed by atoms with van der Waals surface area (Å²) < 4.78 is 0.293. The average Bonchev–Trinajstić information content (AvgIpc) is 2.62. The maximum atomic E-state index is 10.8. The quantitative estimate of drug-likeness (QED) is 0.876. The average molecular weight is 240 g/mol. The van der Waals surface area contributed by atoms with E-state index in [2.05, 4.69) is 4.98 Å². The Labute approximate surface area is 95.0 Å². The second kappa shape index (κ2) is 4.00. The van der Waals surface area contributed by atoms with Gasteiger partial charge in [-0.3, -0.25) is 4.98 Å². The van der Waals surface area contributed by atoms with Crippen LogP contribution >= 0.6 is 22.9 Å². The maximum Gasteiger partial charge on any atom is 0.338 e. The highest BCUT2D eigenvalue weighted by Gasteiger charge is 2.14. The molecule has 0 atom stereocenters. The summed E-state index contributed by atoms with van der Waals surface area (Å²) in [5.41, 5.74) is 1.01. The van der Waals surface area contributed by atoms with Gasteiger partial charge in [-0.15, -0.1) is 11.3 Å². The molecular formula is C10H6ClNO2S. The van der Waals surface area contributed by atoms with E-state index in [1.165, 1.54) is 11.3 Å². The van der Waals surface area contributed by atoms with Gasteiger partial charge >= 0.3 is 5.97 Å². The molecule has 0 spiro atoms. The van der Waals surface area contributed by atoms with Crippen LogP contribution in [0.5, 0.6) is 0 Å². The van der Waals surface area contributed by atoms with Gasteiger partial charge in [0.2, 0.25) is 0 Å². The molecule has 0 amide bonds. The van der Waals surface area contributed by atoms with E-state index >= 15 is 0 Å². The molecule has 15 heavy (non-hydrogen) atoms. The van der Waals surface area contributed by atoms with Gasteiger partial charge in [0.1, 0.15) is 4.34 Å². The number of aromatic nitrogens is 1. The summed E-state index contributed by atoms with van der Waals surface area (Å²) in [6, 6.07) is 5.22. The molecule has 2 heterocycles. The van der Waals surface area contributed by atoms with Crippen LogP contribution in [0.1, 0.15) is 10.4 Å². The van der Waals surface area contributed by atoms with Crippen molar-refractivity contribution in [1.29, 1.82) is 0 Å². The fourth-order valence-corrected chi connectivity index (χ4v) is 2.41. The van der Waals surface area contributed by atoms with Crippen molar-refractivity contribution in [2.45, 2.75) is 0 Å². The molecule has 1 N–H and O–H groups in total. The molecule has 2 rings (SSSR count). The van der Waals surface area contributed by atoms with Gasteiger partial charge in [-0.2, -0.15) is 0 Å². The van der Waals surface area contributed by atoms with Crippen LogP contribution in [0.3, 0.4) is 0 Å². The molecule has 0 saturated carbocycles. The third-order valence-corrected chi connectivity index (χ3v) is 3.27. The maximum absolute atomic E-state index is 10.8. The number of nitrogens with zero attached hydrogens (tertiary/aromatic N) is 1. The second-order valence-corrected chi connectivity index (χ2v) is 4.50. The van der Waals surface area contributed by atoms with Crippen LogP contribution in [-0.4, -0.2) is 16.1 Å². The number of carbonyl (C=O) groups is 1. The van der Waals surface area contributed by atoms with E-state index in [1.54, 1.807) is 24.5 Å². The Kier molecular flexibility index (Phi) is 2.70. The third kappa shape index (κ3) is 2.00. The first-order valence-electron chi connectivity index (χ1n) is 4.11. The number of halogens is 1. The smallest absolute Gasteiger partial charge is 0.338 e. The molecule has 0 saturated heterocycles. The van der Waals surface area contributed by atoms with Crippen LogP contribution in [0.25, 0.3) is 10.4 Å². The summed E-state index contributed by atoms with van der Waals surface area (Å²) in [6.45, 7) is 0. The van der Waals surface area contributed by atoms with Gasteiger partial charge in [0, 0.05) is 22.8 Å². The summed E-state index contributed by atoms with van der Waals surface area (Å²) in [6.07, 6.45) is 3.34. The molecule has 0 radical (unpaired) electrons. The normalized spacial score (nSPS) is 10.2. The number of carboxylic acids is 1. The molecular weight excluding hydrogens is 234 g/mol. The molecule has 3 nitrogen and oxygen atoms in total. The van der Waals surface area contributed by atoms with Crippen LogP contribution < -0.4 is 0 Å². The molecule has 5 heteroatoms. The molecule has 0 unspecified atom stereocenters. The molecule has 0 aliphatic rings. The van der Waals surface area contributed by atoms with Crippen molar-refractivity contribution in [3.8, 4) is 10.4 Å². The standard InChI is InChI=1S/C10H6ClNO2S/c11-9-7(10(13)14)4-8(15-9)6-2-1-3-12-5-6/h1-5H,(H,13,14). The Morgan fingerprint density at radius 1 is 1.53 bits per heavy atom. The Balaban J connectivity index is 2.48. The number of aromatic carboxylic acids is 1. The number of hydrogen-bond acceptors (Lipinski definition) is 3. The van der Waals surface area contributed by atoms with Gasteiger partial charge in [0.25, 0.3) is 0 Å². The Morgan fingerprint density at radius 2 is 2.33 bits per heavy atom. The monoisotopic (exact) mass is 239 g/mol. The predicted octanol–water partition coefficient (Wildman–Crippen LogP) is 3.16. The summed E-state index contributed by atoms with van der Waals surface area (Å²) >= 11 is 7.05. The molecule has 0 aliphatic heterocycles. The molecule has 2 aromatic rings. The van der Waals surface area contributed by atoms with Gasteiger partial charge in [-0.05, 0) is 12.1 Å². The summed E-state index contributed by atoms with van der Waals surface area (Å²) in [7, 11) is 0. The first-order valence-corrected chi connectivity index (χ1v) is 5.31. The van der Waals surface area contributed by atoms with Crippen LogP contribution in [0.2, 0.25) is 4.34 Å². The minimum atomic E-state index is -1.01. The SMILES string of the molecule is O=C(O)c1cc(-c2cccnc2)sc1Cl. The Bertz CT molecular complexity index is 495. The summed E-state index contributed by atoms with van der Waals surface area (Å²) in [5, 5.41) is 8.83. The van der Waals surface area contributed by atoms with E-state index in [1.807, 2.05) is 6.07 Å². The molecule has 0 fully saturated rings. The zero-order valence-corrected chi connectivity index (χ0v) is 9.05. The van der Waals surface area contributed by atoms with Gasteiger partial charge in [-0.25, -0.2) is 4.79 Å². The first kappa shape index (κ1) is 10.1. The lowest BCUT2D eigenvalue weighted by molar-refractivity contribution is 0.0697. The van der Waals surface area contributed by atoms with Crippen LogP contribution in [0.15, 0.2) is 30.6 Å². The van der Waals surface area contributed by atoms with Crippen LogP contribution in [-0.2, 0) is 0 Å². The summed E-state index contributed by atoms with van der Waals surface area (Å²) in [4.78, 5) is 15.5. The van der Waals surface area contributed by atoms with Crippen molar-refractivity contribution in [3.05, 3.63) is 40.5 Å². The van der Waals surface area contributed by atoms with E-state index in [4.69, 9.17) is 16.7 Å². The van der Waals surface area contributed by atoms with Gasteiger partial charge < -0.3 is 5.11 Å². The van der Waals surface area contributed by atoms with Crippen molar-refractivity contribution in [2.24, 2.45) is 0 Å². The van der Waals surface area contributed by atoms with Crippen molar-refractivity contribution >= 4 is 28.9 Å². The third-order valence-electron chi connectivity index (χ3n) is 1.86. The van der Waals surface area contributed by atoms with Gasteiger partial charge in [0.05, 0.1) is 5.56 Å². The van der Waals surface area contributed by atoms with Crippen molar-refractivity contribution in [1.82, 2.24) is 4.98 Å². The molecule has 0 bridgehead atoms. The van der Waals surface area contributed by atoms with Crippen LogP contribution in [0.4, 0.5) is 0 Å². The fraction of sp³-hybridized carbons (Fsp3) is 0. The predicted molar refractivity (Wildman–Crippen MR) is 59.5 cm³/mol. The second-order valence-electron chi connectivity index (χ2n) is 2.84. The topological polar surface area (TPSA) is 50.2 Å². The van der Waals surface area contributed by atoms with E-state index < -0.39 is 5.97 Å². The van der Waals surface area contributed by atoms with Crippen molar-refractivity contribution in [2.75, 3.05) is 0 Å². The number of thiophene rings is 1. The zero-order chi connectivity index (χ0) is 10.8. The first-order chi connectivity index (χ1) is 7.18. The molecule has 0 aromatic carbocycles. The number of rotatable bonds is 2. The Morgan fingerprint density at radius 3 is 2.87 bits per heavy atom. The van der Waals surface area contributed by atoms with Gasteiger partial charge in [-0.1, -0.05) is 17.7 Å². The Hall–Kier alpha value is -1.39. The lowest BCUT2D eigenvalue weighted by Crippen LogP contribution is -1.92. The summed E-state index contributed by atoms with van der Waals surface area (Å²) in [5.74, 6) is -1.01. The highest BCUT2D eigenvalue weighted by Crippen LogP contribution is 2.34. The van der Waals surface area contributed by atoms with Crippen molar-refractivity contribution < 1.29 is 9.90 Å². The number of hydrogen-bond donors (Lipinski definition) is 1. The zero-order valence-electron chi connectivity index (χ0n) is 7.48. The minimum Gasteiger partial charge on any atom is -0.478 e. The van der Waals surface area contributed by atoms with Crippen molar-refractivity contribution in [3.63, 3.8) is 0 Å². The van der Waals surface area contributed by atoms with Gasteiger partial charge in [0.15, 0.2) is 0 Å². The number of carboxylic acid groups (broad SMARTS) is 1. The molecule has 2 aromatic heterocycles.